The fraction of sp³-hybridized carbons (Fsp3) is 0.300. The SMILES string of the molecule is Cn1cccc1C1CCCN1C(=O)Nc1ccc(Cn2cccn2)cc1. The van der Waals surface area contributed by atoms with E-state index in [1.165, 1.54) is 5.69 Å². The molecule has 2 aromatic heterocycles. The lowest BCUT2D eigenvalue weighted by atomic mass is 10.1. The zero-order valence-corrected chi connectivity index (χ0v) is 14.9. The van der Waals surface area contributed by atoms with Crippen LogP contribution in [-0.2, 0) is 13.6 Å². The number of aromatic nitrogens is 3. The van der Waals surface area contributed by atoms with Crippen molar-refractivity contribution in [1.82, 2.24) is 19.2 Å². The summed E-state index contributed by atoms with van der Waals surface area (Å²) in [7, 11) is 2.03. The third kappa shape index (κ3) is 3.35. The highest BCUT2D eigenvalue weighted by Gasteiger charge is 2.31. The number of amides is 2. The molecule has 134 valence electrons. The minimum Gasteiger partial charge on any atom is -0.353 e. The van der Waals surface area contributed by atoms with Crippen LogP contribution in [0.2, 0.25) is 0 Å². The number of urea groups is 1. The van der Waals surface area contributed by atoms with Gasteiger partial charge in [0.1, 0.15) is 0 Å². The van der Waals surface area contributed by atoms with Crippen molar-refractivity contribution in [2.45, 2.75) is 25.4 Å². The van der Waals surface area contributed by atoms with Crippen molar-refractivity contribution in [3.05, 3.63) is 72.3 Å². The van der Waals surface area contributed by atoms with Crippen LogP contribution in [0.4, 0.5) is 10.5 Å². The van der Waals surface area contributed by atoms with E-state index >= 15 is 0 Å². The number of carbonyl (C=O) groups excluding carboxylic acids is 1. The van der Waals surface area contributed by atoms with Crippen LogP contribution in [-0.4, -0.2) is 31.8 Å². The van der Waals surface area contributed by atoms with E-state index < -0.39 is 0 Å². The molecule has 1 unspecified atom stereocenters. The van der Waals surface area contributed by atoms with E-state index in [0.717, 1.165) is 37.2 Å². The second-order valence-electron chi connectivity index (χ2n) is 6.73. The van der Waals surface area contributed by atoms with E-state index in [1.54, 1.807) is 6.20 Å². The summed E-state index contributed by atoms with van der Waals surface area (Å²) < 4.78 is 3.97. The van der Waals surface area contributed by atoms with Crippen LogP contribution in [0.1, 0.15) is 30.1 Å². The van der Waals surface area contributed by atoms with Crippen LogP contribution in [0.15, 0.2) is 61.1 Å². The molecule has 1 aliphatic heterocycles. The number of nitrogens with one attached hydrogen (secondary N) is 1. The average molecular weight is 349 g/mol. The van der Waals surface area contributed by atoms with Crippen molar-refractivity contribution < 1.29 is 4.79 Å². The van der Waals surface area contributed by atoms with Crippen LogP contribution in [0.5, 0.6) is 0 Å². The van der Waals surface area contributed by atoms with Crippen molar-refractivity contribution in [2.24, 2.45) is 7.05 Å². The van der Waals surface area contributed by atoms with Crippen LogP contribution in [0.25, 0.3) is 0 Å². The molecule has 1 atom stereocenters. The first-order valence-corrected chi connectivity index (χ1v) is 8.96. The Kier molecular flexibility index (Phi) is 4.48. The Labute approximate surface area is 153 Å². The fourth-order valence-electron chi connectivity index (χ4n) is 3.61. The third-order valence-electron chi connectivity index (χ3n) is 4.95. The molecule has 6 heteroatoms. The van der Waals surface area contributed by atoms with E-state index in [2.05, 4.69) is 21.0 Å². The molecule has 0 bridgehead atoms. The largest absolute Gasteiger partial charge is 0.353 e. The predicted octanol–water partition coefficient (Wildman–Crippen LogP) is 3.64. The average Bonchev–Trinajstić information content (AvgIpc) is 3.38. The van der Waals surface area contributed by atoms with Crippen molar-refractivity contribution >= 4 is 11.7 Å². The Bertz CT molecular complexity index is 866. The first-order chi connectivity index (χ1) is 12.7. The van der Waals surface area contributed by atoms with Crippen LogP contribution in [0, 0.1) is 0 Å². The normalized spacial score (nSPS) is 16.8. The van der Waals surface area contributed by atoms with Crippen molar-refractivity contribution in [3.8, 4) is 0 Å². The molecule has 0 aliphatic carbocycles. The van der Waals surface area contributed by atoms with E-state index in [0.29, 0.717) is 0 Å². The highest BCUT2D eigenvalue weighted by atomic mass is 16.2. The maximum atomic E-state index is 12.8. The number of anilines is 1. The predicted molar refractivity (Wildman–Crippen MR) is 101 cm³/mol. The van der Waals surface area contributed by atoms with Crippen LogP contribution < -0.4 is 5.32 Å². The summed E-state index contributed by atoms with van der Waals surface area (Å²) in [5.74, 6) is 0. The summed E-state index contributed by atoms with van der Waals surface area (Å²) in [6.45, 7) is 1.52. The second-order valence-corrected chi connectivity index (χ2v) is 6.73. The summed E-state index contributed by atoms with van der Waals surface area (Å²) in [4.78, 5) is 14.7. The number of nitrogens with zero attached hydrogens (tertiary/aromatic N) is 4. The molecule has 1 fully saturated rings. The van der Waals surface area contributed by atoms with Crippen molar-refractivity contribution in [3.63, 3.8) is 0 Å². The lowest BCUT2D eigenvalue weighted by molar-refractivity contribution is 0.205. The van der Waals surface area contributed by atoms with Crippen LogP contribution in [0.3, 0.4) is 0 Å². The van der Waals surface area contributed by atoms with Gasteiger partial charge in [-0.25, -0.2) is 4.79 Å². The molecule has 1 aromatic carbocycles. The van der Waals surface area contributed by atoms with Gasteiger partial charge in [-0.15, -0.1) is 0 Å². The summed E-state index contributed by atoms with van der Waals surface area (Å²) >= 11 is 0. The molecule has 26 heavy (non-hydrogen) atoms. The summed E-state index contributed by atoms with van der Waals surface area (Å²) in [6, 6.07) is 14.1. The number of likely N-dealkylation sites (tertiary alicyclic amines) is 1. The quantitative estimate of drug-likeness (QED) is 0.782. The Morgan fingerprint density at radius 3 is 2.73 bits per heavy atom. The van der Waals surface area contributed by atoms with Crippen LogP contribution >= 0.6 is 0 Å². The number of carbonyl (C=O) groups is 1. The van der Waals surface area contributed by atoms with E-state index in [-0.39, 0.29) is 12.1 Å². The Morgan fingerprint density at radius 2 is 2.04 bits per heavy atom. The fourth-order valence-corrected chi connectivity index (χ4v) is 3.61. The molecular formula is C20H23N5O. The molecule has 6 nitrogen and oxygen atoms in total. The minimum absolute atomic E-state index is 0.0338. The van der Waals surface area contributed by atoms with Gasteiger partial charge in [0.15, 0.2) is 0 Å². The highest BCUT2D eigenvalue weighted by molar-refractivity contribution is 5.89. The molecule has 3 aromatic rings. The van der Waals surface area contributed by atoms with Gasteiger partial charge in [0.2, 0.25) is 0 Å². The number of hydrogen-bond donors (Lipinski definition) is 1. The molecule has 1 aliphatic rings. The Morgan fingerprint density at radius 1 is 1.19 bits per heavy atom. The summed E-state index contributed by atoms with van der Waals surface area (Å²) in [6.07, 6.45) is 7.78. The van der Waals surface area contributed by atoms with E-state index in [9.17, 15) is 4.79 Å². The second kappa shape index (κ2) is 7.07. The lowest BCUT2D eigenvalue weighted by Crippen LogP contribution is -2.35. The Balaban J connectivity index is 1.42. The van der Waals surface area contributed by atoms with Gasteiger partial charge in [-0.3, -0.25) is 4.68 Å². The molecule has 1 N–H and O–H groups in total. The summed E-state index contributed by atoms with van der Waals surface area (Å²) in [5, 5.41) is 7.25. The molecular weight excluding hydrogens is 326 g/mol. The maximum Gasteiger partial charge on any atom is 0.322 e. The standard InChI is InChI=1S/C20H23N5O/c1-23-12-2-5-18(23)19-6-3-14-25(19)20(26)22-17-9-7-16(8-10-17)15-24-13-4-11-21-24/h2,4-5,7-13,19H,3,6,14-15H2,1H3,(H,22,26). The monoisotopic (exact) mass is 349 g/mol. The first kappa shape index (κ1) is 16.4. The number of aryl methyl sites for hydroxylation is 1. The van der Waals surface area contributed by atoms with Gasteiger partial charge < -0.3 is 14.8 Å². The van der Waals surface area contributed by atoms with E-state index in [1.807, 2.05) is 65.4 Å². The highest BCUT2D eigenvalue weighted by Crippen LogP contribution is 2.32. The first-order valence-electron chi connectivity index (χ1n) is 8.96. The van der Waals surface area contributed by atoms with Gasteiger partial charge in [0.05, 0.1) is 12.6 Å². The molecule has 4 rings (SSSR count). The third-order valence-corrected chi connectivity index (χ3v) is 4.95. The maximum absolute atomic E-state index is 12.8. The van der Waals surface area contributed by atoms with Gasteiger partial charge >= 0.3 is 6.03 Å². The number of benzene rings is 1. The zero-order chi connectivity index (χ0) is 17.9. The number of rotatable bonds is 4. The van der Waals surface area contributed by atoms with Crippen molar-refractivity contribution in [1.29, 1.82) is 0 Å². The van der Waals surface area contributed by atoms with E-state index in [4.69, 9.17) is 0 Å². The summed E-state index contributed by atoms with van der Waals surface area (Å²) in [5.41, 5.74) is 3.15. The Hall–Kier alpha value is -3.02. The van der Waals surface area contributed by atoms with Gasteiger partial charge in [0, 0.05) is 43.6 Å². The molecule has 1 saturated heterocycles. The molecule has 0 spiro atoms. The smallest absolute Gasteiger partial charge is 0.322 e. The lowest BCUT2D eigenvalue weighted by Gasteiger charge is -2.25. The number of hydrogen-bond acceptors (Lipinski definition) is 2. The molecule has 0 saturated carbocycles. The minimum atomic E-state index is -0.0338. The van der Waals surface area contributed by atoms with Gasteiger partial charge in [-0.05, 0) is 48.7 Å². The van der Waals surface area contributed by atoms with Gasteiger partial charge in [0.25, 0.3) is 0 Å². The molecule has 3 heterocycles. The topological polar surface area (TPSA) is 55.1 Å². The van der Waals surface area contributed by atoms with Gasteiger partial charge in [-0.2, -0.15) is 5.10 Å². The molecule has 2 amide bonds. The molecule has 0 radical (unpaired) electrons. The van der Waals surface area contributed by atoms with Crippen molar-refractivity contribution in [2.75, 3.05) is 11.9 Å². The zero-order valence-electron chi connectivity index (χ0n) is 14.9. The van der Waals surface area contributed by atoms with Gasteiger partial charge in [-0.1, -0.05) is 12.1 Å².